The van der Waals surface area contributed by atoms with Gasteiger partial charge in [0.1, 0.15) is 0 Å². The highest BCUT2D eigenvalue weighted by Crippen LogP contribution is 2.28. The molecule has 0 unspecified atom stereocenters. The first kappa shape index (κ1) is 6.47. The molecule has 1 aliphatic carbocycles. The third-order valence-electron chi connectivity index (χ3n) is 0.995. The number of hydrogen-bond donors (Lipinski definition) is 0. The summed E-state index contributed by atoms with van der Waals surface area (Å²) in [6.07, 6.45) is -2.62. The van der Waals surface area contributed by atoms with Gasteiger partial charge in [-0.3, -0.25) is 0 Å². The average molecular weight is 134 g/mol. The van der Waals surface area contributed by atoms with Crippen LogP contribution in [0, 0.1) is 17.8 Å². The molecule has 0 aromatic rings. The largest absolute Gasteiger partial charge is 0.457 e. The van der Waals surface area contributed by atoms with Crippen molar-refractivity contribution in [1.29, 1.82) is 0 Å². The Hall–Kier alpha value is -0.650. The Morgan fingerprint density at radius 2 is 1.78 bits per heavy atom. The van der Waals surface area contributed by atoms with E-state index in [2.05, 4.69) is 5.92 Å². The van der Waals surface area contributed by atoms with Crippen molar-refractivity contribution in [3.8, 4) is 11.8 Å². The summed E-state index contributed by atoms with van der Waals surface area (Å²) < 4.78 is 33.8. The van der Waals surface area contributed by atoms with Gasteiger partial charge in [-0.1, -0.05) is 5.92 Å². The predicted molar refractivity (Wildman–Crippen MR) is 26.6 cm³/mol. The predicted octanol–water partition coefficient (Wildman–Crippen LogP) is 1.96. The third-order valence-corrected chi connectivity index (χ3v) is 0.995. The second kappa shape index (κ2) is 1.94. The summed E-state index contributed by atoms with van der Waals surface area (Å²) in [5.74, 6) is 3.39. The van der Waals surface area contributed by atoms with Gasteiger partial charge in [0, 0.05) is 11.8 Å². The summed E-state index contributed by atoms with van der Waals surface area (Å²) in [5.41, 5.74) is 0. The standard InChI is InChI=1S/C6H5F3/c7-6(8,9)4-3-5-1-2-5/h5H,1-2H2. The summed E-state index contributed by atoms with van der Waals surface area (Å²) in [4.78, 5) is 0. The lowest BCUT2D eigenvalue weighted by atomic mass is 10.4. The van der Waals surface area contributed by atoms with Crippen LogP contribution in [0.5, 0.6) is 0 Å². The molecule has 0 spiro atoms. The minimum Gasteiger partial charge on any atom is -0.159 e. The lowest BCUT2D eigenvalue weighted by Gasteiger charge is -1.90. The Kier molecular flexibility index (Phi) is 1.40. The smallest absolute Gasteiger partial charge is 0.159 e. The Bertz CT molecular complexity index is 153. The molecule has 0 amide bonds. The van der Waals surface area contributed by atoms with E-state index in [-0.39, 0.29) is 5.92 Å². The van der Waals surface area contributed by atoms with Gasteiger partial charge in [-0.2, -0.15) is 13.2 Å². The van der Waals surface area contributed by atoms with Crippen molar-refractivity contribution in [2.24, 2.45) is 5.92 Å². The van der Waals surface area contributed by atoms with Crippen LogP contribution in [0.1, 0.15) is 12.8 Å². The van der Waals surface area contributed by atoms with E-state index < -0.39 is 6.18 Å². The molecular formula is C6H5F3. The van der Waals surface area contributed by atoms with Crippen LogP contribution >= 0.6 is 0 Å². The fourth-order valence-electron chi connectivity index (χ4n) is 0.412. The molecule has 0 radical (unpaired) electrons. The first-order chi connectivity index (χ1) is 4.08. The Labute approximate surface area is 51.1 Å². The molecule has 0 saturated heterocycles. The van der Waals surface area contributed by atoms with Gasteiger partial charge in [-0.25, -0.2) is 0 Å². The molecule has 50 valence electrons. The van der Waals surface area contributed by atoms with Crippen LogP contribution in [0.3, 0.4) is 0 Å². The Morgan fingerprint density at radius 3 is 2.11 bits per heavy atom. The van der Waals surface area contributed by atoms with Gasteiger partial charge < -0.3 is 0 Å². The lowest BCUT2D eigenvalue weighted by Crippen LogP contribution is -2.01. The molecule has 1 rings (SSSR count). The highest BCUT2D eigenvalue weighted by atomic mass is 19.4. The summed E-state index contributed by atoms with van der Waals surface area (Å²) in [6.45, 7) is 0. The number of rotatable bonds is 0. The fourth-order valence-corrected chi connectivity index (χ4v) is 0.412. The summed E-state index contributed by atoms with van der Waals surface area (Å²) >= 11 is 0. The van der Waals surface area contributed by atoms with E-state index >= 15 is 0 Å². The van der Waals surface area contributed by atoms with Gasteiger partial charge in [0.25, 0.3) is 0 Å². The molecule has 0 heterocycles. The van der Waals surface area contributed by atoms with Crippen molar-refractivity contribution in [3.05, 3.63) is 0 Å². The molecule has 0 N–H and O–H groups in total. The maximum Gasteiger partial charge on any atom is 0.457 e. The molecule has 0 atom stereocenters. The van der Waals surface area contributed by atoms with E-state index in [0.717, 1.165) is 12.8 Å². The molecule has 3 heteroatoms. The van der Waals surface area contributed by atoms with Gasteiger partial charge in [0.15, 0.2) is 0 Å². The minimum absolute atomic E-state index is 0.0339. The van der Waals surface area contributed by atoms with Crippen LogP contribution in [0.25, 0.3) is 0 Å². The third kappa shape index (κ3) is 3.02. The van der Waals surface area contributed by atoms with Crippen molar-refractivity contribution < 1.29 is 13.2 Å². The van der Waals surface area contributed by atoms with E-state index in [1.54, 1.807) is 0 Å². The topological polar surface area (TPSA) is 0 Å². The van der Waals surface area contributed by atoms with E-state index in [0.29, 0.717) is 0 Å². The van der Waals surface area contributed by atoms with Gasteiger partial charge in [0.2, 0.25) is 0 Å². The molecule has 0 aromatic carbocycles. The highest BCUT2D eigenvalue weighted by Gasteiger charge is 2.25. The molecule has 1 aliphatic rings. The molecule has 9 heavy (non-hydrogen) atoms. The number of halogens is 3. The minimum atomic E-state index is -4.29. The zero-order valence-corrected chi connectivity index (χ0v) is 4.63. The normalized spacial score (nSPS) is 18.6. The first-order valence-corrected chi connectivity index (χ1v) is 2.67. The zero-order chi connectivity index (χ0) is 6.91. The summed E-state index contributed by atoms with van der Waals surface area (Å²) in [7, 11) is 0. The monoisotopic (exact) mass is 134 g/mol. The molecule has 0 aliphatic heterocycles. The molecule has 1 saturated carbocycles. The van der Waals surface area contributed by atoms with E-state index in [4.69, 9.17) is 0 Å². The lowest BCUT2D eigenvalue weighted by molar-refractivity contribution is -0.0697. The van der Waals surface area contributed by atoms with Gasteiger partial charge >= 0.3 is 6.18 Å². The first-order valence-electron chi connectivity index (χ1n) is 2.67. The Morgan fingerprint density at radius 1 is 1.22 bits per heavy atom. The summed E-state index contributed by atoms with van der Waals surface area (Å²) in [6, 6.07) is 0. The fraction of sp³-hybridized carbons (Fsp3) is 0.667. The van der Waals surface area contributed by atoms with Crippen molar-refractivity contribution in [1.82, 2.24) is 0 Å². The van der Waals surface area contributed by atoms with Gasteiger partial charge in [-0.05, 0) is 12.8 Å². The van der Waals surface area contributed by atoms with Crippen LogP contribution < -0.4 is 0 Å². The second-order valence-electron chi connectivity index (χ2n) is 2.04. The van der Waals surface area contributed by atoms with Crippen LogP contribution in [-0.4, -0.2) is 6.18 Å². The maximum absolute atomic E-state index is 11.3. The quantitative estimate of drug-likeness (QED) is 0.444. The van der Waals surface area contributed by atoms with Gasteiger partial charge in [0.05, 0.1) is 0 Å². The van der Waals surface area contributed by atoms with Crippen molar-refractivity contribution in [3.63, 3.8) is 0 Å². The van der Waals surface area contributed by atoms with Gasteiger partial charge in [-0.15, -0.1) is 0 Å². The van der Waals surface area contributed by atoms with E-state index in [1.807, 2.05) is 0 Å². The zero-order valence-electron chi connectivity index (χ0n) is 4.63. The molecule has 0 aromatic heterocycles. The van der Waals surface area contributed by atoms with Crippen LogP contribution in [0.4, 0.5) is 13.2 Å². The number of hydrogen-bond acceptors (Lipinski definition) is 0. The molecule has 0 nitrogen and oxygen atoms in total. The van der Waals surface area contributed by atoms with Crippen molar-refractivity contribution in [2.45, 2.75) is 19.0 Å². The SMILES string of the molecule is FC(F)(F)C#CC1CC1. The summed E-state index contributed by atoms with van der Waals surface area (Å²) in [5, 5.41) is 0. The van der Waals surface area contributed by atoms with Crippen molar-refractivity contribution in [2.75, 3.05) is 0 Å². The highest BCUT2D eigenvalue weighted by molar-refractivity contribution is 5.12. The second-order valence-corrected chi connectivity index (χ2v) is 2.04. The molecule has 0 bridgehead atoms. The average Bonchev–Trinajstić information content (AvgIpc) is 2.38. The molecular weight excluding hydrogens is 129 g/mol. The number of alkyl halides is 3. The maximum atomic E-state index is 11.3. The van der Waals surface area contributed by atoms with E-state index in [1.165, 1.54) is 5.92 Å². The van der Waals surface area contributed by atoms with Crippen LogP contribution in [0.2, 0.25) is 0 Å². The van der Waals surface area contributed by atoms with E-state index in [9.17, 15) is 13.2 Å². The van der Waals surface area contributed by atoms with Crippen molar-refractivity contribution >= 4 is 0 Å². The Balaban J connectivity index is 2.39. The van der Waals surface area contributed by atoms with Crippen LogP contribution in [-0.2, 0) is 0 Å². The van der Waals surface area contributed by atoms with Crippen LogP contribution in [0.15, 0.2) is 0 Å². The molecule has 1 fully saturated rings.